The van der Waals surface area contributed by atoms with Crippen LogP contribution < -0.4 is 0 Å². The average Bonchev–Trinajstić information content (AvgIpc) is 3.42. The number of carbonyl (C=O) groups excluding carboxylic acids is 3. The molecule has 1 rings (SSSR count). The van der Waals surface area contributed by atoms with E-state index >= 15 is 0 Å². The molecule has 0 bridgehead atoms. The van der Waals surface area contributed by atoms with Crippen LogP contribution in [0.5, 0.6) is 0 Å². The van der Waals surface area contributed by atoms with Gasteiger partial charge in [0.1, 0.15) is 18.8 Å². The SMILES string of the molecule is CC/C=C\C/C=C\C/C=C\C/C=C\C/C=C\CCCC(=O)OCC(COC1OC(C(=O)O)C(O)C(O)C1OC(=O)C/C=C\C/C=C\C/C=C\C/C=C\C/C=C\CC)OC(=O)CCCCCCC/C=C\C/C=C\CCCCC. The van der Waals surface area contributed by atoms with E-state index in [4.69, 9.17) is 23.7 Å². The van der Waals surface area contributed by atoms with Gasteiger partial charge in [-0.15, -0.1) is 0 Å². The molecule has 77 heavy (non-hydrogen) atoms. The van der Waals surface area contributed by atoms with Crippen LogP contribution >= 0.6 is 0 Å². The van der Waals surface area contributed by atoms with Gasteiger partial charge < -0.3 is 39.0 Å². The number of aliphatic hydroxyl groups is 2. The van der Waals surface area contributed by atoms with Gasteiger partial charge in [0.25, 0.3) is 0 Å². The lowest BCUT2D eigenvalue weighted by Crippen LogP contribution is -2.61. The number of allylic oxidation sites excluding steroid dienone is 23. The molecule has 0 aromatic rings. The normalized spacial score (nSPS) is 19.1. The van der Waals surface area contributed by atoms with Gasteiger partial charge in [0.2, 0.25) is 0 Å². The summed E-state index contributed by atoms with van der Waals surface area (Å²) >= 11 is 0. The highest BCUT2D eigenvalue weighted by Gasteiger charge is 2.50. The van der Waals surface area contributed by atoms with Crippen molar-refractivity contribution in [3.05, 3.63) is 146 Å². The maximum Gasteiger partial charge on any atom is 0.335 e. The van der Waals surface area contributed by atoms with Crippen LogP contribution in [0.15, 0.2) is 146 Å². The summed E-state index contributed by atoms with van der Waals surface area (Å²) < 4.78 is 28.2. The van der Waals surface area contributed by atoms with E-state index in [-0.39, 0.29) is 25.9 Å². The highest BCUT2D eigenvalue weighted by atomic mass is 16.7. The minimum Gasteiger partial charge on any atom is -0.479 e. The van der Waals surface area contributed by atoms with E-state index in [2.05, 4.69) is 130 Å². The first kappa shape index (κ1) is 69.6. The van der Waals surface area contributed by atoms with Crippen LogP contribution in [0.2, 0.25) is 0 Å². The maximum absolute atomic E-state index is 13.1. The van der Waals surface area contributed by atoms with E-state index in [0.29, 0.717) is 25.7 Å². The van der Waals surface area contributed by atoms with Crippen LogP contribution in [0.1, 0.15) is 188 Å². The predicted octanol–water partition coefficient (Wildman–Crippen LogP) is 14.8. The number of carboxylic acids is 1. The van der Waals surface area contributed by atoms with Gasteiger partial charge in [0.05, 0.1) is 13.0 Å². The fourth-order valence-electron chi connectivity index (χ4n) is 7.57. The first-order valence-electron chi connectivity index (χ1n) is 28.8. The molecule has 0 spiro atoms. The molecule has 1 aliphatic heterocycles. The van der Waals surface area contributed by atoms with Gasteiger partial charge in [0, 0.05) is 12.8 Å². The van der Waals surface area contributed by atoms with Crippen LogP contribution in [0, 0.1) is 0 Å². The molecule has 6 unspecified atom stereocenters. The quantitative estimate of drug-likeness (QED) is 0.0228. The number of unbranched alkanes of at least 4 members (excludes halogenated alkanes) is 9. The summed E-state index contributed by atoms with van der Waals surface area (Å²) in [7, 11) is 0. The number of carbonyl (C=O) groups is 4. The lowest BCUT2D eigenvalue weighted by molar-refractivity contribution is -0.301. The molecule has 1 fully saturated rings. The number of hydrogen-bond donors (Lipinski definition) is 3. The van der Waals surface area contributed by atoms with Gasteiger partial charge in [-0.05, 0) is 116 Å². The molecule has 430 valence electrons. The summed E-state index contributed by atoms with van der Waals surface area (Å²) in [6, 6.07) is 0. The molecule has 12 nitrogen and oxygen atoms in total. The Morgan fingerprint density at radius 3 is 1.35 bits per heavy atom. The number of ether oxygens (including phenoxy) is 5. The van der Waals surface area contributed by atoms with Crippen molar-refractivity contribution in [1.82, 2.24) is 0 Å². The Morgan fingerprint density at radius 1 is 0.455 bits per heavy atom. The zero-order chi connectivity index (χ0) is 56.1. The molecule has 1 heterocycles. The Hall–Kier alpha value is -5.40. The van der Waals surface area contributed by atoms with Gasteiger partial charge in [-0.25, -0.2) is 4.79 Å². The summed E-state index contributed by atoms with van der Waals surface area (Å²) in [5.41, 5.74) is 0. The Balaban J connectivity index is 2.81. The standard InChI is InChI=1S/C65H98O12/c1-4-7-10-13-16-19-22-25-28-29-32-33-36-39-42-45-48-51-57(66)73-54-56(75-58(67)52-49-46-43-40-37-34-30-26-23-20-17-14-11-8-5-2)55-74-65-63(61(70)60(69)62(77-65)64(71)72)76-59(68)53-50-47-44-41-38-35-31-27-24-21-18-15-12-9-6-3/h7,9-10,12,16-21,25-28,30-33,38-39,41-42,47,50,56,60-63,65,69-70H,4-6,8,11,13-15,22-24,29,34-37,40,43-46,48-49,51-55H2,1-3H3,(H,71,72)/b10-7-,12-9-,19-16-,20-17-,21-18-,28-25-,30-26-,31-27-,33-32-,41-38-,42-39-,50-47-. The van der Waals surface area contributed by atoms with Crippen LogP contribution in [0.3, 0.4) is 0 Å². The first-order chi connectivity index (χ1) is 37.6. The van der Waals surface area contributed by atoms with E-state index in [1.165, 1.54) is 19.3 Å². The Labute approximate surface area is 463 Å². The molecule has 1 saturated heterocycles. The minimum atomic E-state index is -1.95. The van der Waals surface area contributed by atoms with Crippen molar-refractivity contribution in [2.75, 3.05) is 13.2 Å². The van der Waals surface area contributed by atoms with Crippen LogP contribution in [0.4, 0.5) is 0 Å². The zero-order valence-electron chi connectivity index (χ0n) is 47.1. The second-order valence-electron chi connectivity index (χ2n) is 18.8. The molecule has 0 saturated carbocycles. The molecule has 0 aliphatic carbocycles. The van der Waals surface area contributed by atoms with E-state index in [9.17, 15) is 34.5 Å². The highest BCUT2D eigenvalue weighted by molar-refractivity contribution is 5.74. The van der Waals surface area contributed by atoms with Gasteiger partial charge in [-0.2, -0.15) is 0 Å². The Kier molecular flexibility index (Phi) is 46.4. The zero-order valence-corrected chi connectivity index (χ0v) is 47.1. The summed E-state index contributed by atoms with van der Waals surface area (Å²) in [5, 5.41) is 31.4. The lowest BCUT2D eigenvalue weighted by atomic mass is 9.98. The minimum absolute atomic E-state index is 0.115. The van der Waals surface area contributed by atoms with E-state index < -0.39 is 67.3 Å². The van der Waals surface area contributed by atoms with Crippen molar-refractivity contribution < 1.29 is 58.2 Å². The number of hydrogen-bond acceptors (Lipinski definition) is 11. The number of carboxylic acid groups (broad SMARTS) is 1. The third-order valence-corrected chi connectivity index (χ3v) is 11.9. The van der Waals surface area contributed by atoms with Gasteiger partial charge in [-0.1, -0.05) is 199 Å². The number of rotatable bonds is 46. The largest absolute Gasteiger partial charge is 0.479 e. The topological polar surface area (TPSA) is 175 Å². The van der Waals surface area contributed by atoms with Gasteiger partial charge >= 0.3 is 23.9 Å². The van der Waals surface area contributed by atoms with Crippen molar-refractivity contribution in [1.29, 1.82) is 0 Å². The summed E-state index contributed by atoms with van der Waals surface area (Å²) in [6.07, 6.45) is 61.3. The van der Waals surface area contributed by atoms with Crippen LogP contribution in [-0.2, 0) is 42.9 Å². The molecule has 0 aromatic heterocycles. The Bertz CT molecular complexity index is 1890. The van der Waals surface area contributed by atoms with E-state index in [1.54, 1.807) is 12.2 Å². The first-order valence-corrected chi connectivity index (χ1v) is 28.8. The van der Waals surface area contributed by atoms with Crippen molar-refractivity contribution in [2.24, 2.45) is 0 Å². The molecular weight excluding hydrogens is 973 g/mol. The second kappa shape index (κ2) is 51.4. The van der Waals surface area contributed by atoms with Crippen molar-refractivity contribution >= 4 is 23.9 Å². The predicted molar refractivity (Wildman–Crippen MR) is 312 cm³/mol. The molecular formula is C65H98O12. The van der Waals surface area contributed by atoms with Crippen LogP contribution in [0.25, 0.3) is 0 Å². The van der Waals surface area contributed by atoms with Crippen molar-refractivity contribution in [2.45, 2.75) is 225 Å². The third-order valence-electron chi connectivity index (χ3n) is 11.9. The van der Waals surface area contributed by atoms with E-state index in [1.807, 2.05) is 24.3 Å². The fraction of sp³-hybridized carbons (Fsp3) is 0.569. The lowest BCUT2D eigenvalue weighted by Gasteiger charge is -2.40. The summed E-state index contributed by atoms with van der Waals surface area (Å²) in [6.45, 7) is 5.61. The number of aliphatic carboxylic acids is 1. The molecule has 6 atom stereocenters. The smallest absolute Gasteiger partial charge is 0.335 e. The molecule has 0 aromatic carbocycles. The fourth-order valence-corrected chi connectivity index (χ4v) is 7.57. The average molecular weight is 1070 g/mol. The summed E-state index contributed by atoms with van der Waals surface area (Å²) in [4.78, 5) is 51.0. The van der Waals surface area contributed by atoms with Crippen molar-refractivity contribution in [3.63, 3.8) is 0 Å². The molecule has 0 amide bonds. The van der Waals surface area contributed by atoms with Gasteiger partial charge in [0.15, 0.2) is 24.6 Å². The number of esters is 3. The second-order valence-corrected chi connectivity index (χ2v) is 18.8. The van der Waals surface area contributed by atoms with E-state index in [0.717, 1.165) is 103 Å². The Morgan fingerprint density at radius 2 is 0.870 bits per heavy atom. The van der Waals surface area contributed by atoms with Crippen molar-refractivity contribution in [3.8, 4) is 0 Å². The molecule has 3 N–H and O–H groups in total. The highest BCUT2D eigenvalue weighted by Crippen LogP contribution is 2.26. The molecule has 12 heteroatoms. The summed E-state index contributed by atoms with van der Waals surface area (Å²) in [5.74, 6) is -3.41. The molecule has 1 aliphatic rings. The maximum atomic E-state index is 13.1. The van der Waals surface area contributed by atoms with Gasteiger partial charge in [-0.3, -0.25) is 14.4 Å². The number of aliphatic hydroxyl groups excluding tert-OH is 2. The third kappa shape index (κ3) is 41.4. The van der Waals surface area contributed by atoms with Crippen LogP contribution in [-0.4, -0.2) is 89.2 Å². The molecule has 0 radical (unpaired) electrons. The monoisotopic (exact) mass is 1070 g/mol.